The Morgan fingerprint density at radius 1 is 0.938 bits per heavy atom. The summed E-state index contributed by atoms with van der Waals surface area (Å²) in [6.07, 6.45) is 0.693. The molecule has 6 nitrogen and oxygen atoms in total. The molecule has 1 aromatic heterocycles. The Bertz CT molecular complexity index is 1120. The minimum atomic E-state index is -0.565. The molecule has 1 heterocycles. The van der Waals surface area contributed by atoms with Crippen LogP contribution >= 0.6 is 11.3 Å². The summed E-state index contributed by atoms with van der Waals surface area (Å²) in [6, 6.07) is 17.0. The molecule has 0 aliphatic heterocycles. The summed E-state index contributed by atoms with van der Waals surface area (Å²) >= 11 is 1.08. The van der Waals surface area contributed by atoms with Crippen LogP contribution in [0, 0.1) is 13.8 Å². The first kappa shape index (κ1) is 23.2. The van der Waals surface area contributed by atoms with Crippen LogP contribution < -0.4 is 10.6 Å². The quantitative estimate of drug-likeness (QED) is 0.484. The molecule has 0 aliphatic carbocycles. The van der Waals surface area contributed by atoms with Crippen molar-refractivity contribution in [3.63, 3.8) is 0 Å². The summed E-state index contributed by atoms with van der Waals surface area (Å²) in [4.78, 5) is 38.7. The van der Waals surface area contributed by atoms with Crippen molar-refractivity contribution in [3.05, 3.63) is 87.3 Å². The molecule has 0 radical (unpaired) electrons. The number of anilines is 1. The molecule has 0 atom stereocenters. The SMILES string of the molecule is CCOC(=O)c1c(NC(=O)c2ccccc2C)sc(C(=O)NCCc2ccccc2)c1C. The Hall–Kier alpha value is -3.45. The molecule has 32 heavy (non-hydrogen) atoms. The lowest BCUT2D eigenvalue weighted by atomic mass is 10.1. The van der Waals surface area contributed by atoms with Gasteiger partial charge < -0.3 is 15.4 Å². The average molecular weight is 451 g/mol. The molecule has 0 saturated heterocycles. The van der Waals surface area contributed by atoms with Crippen molar-refractivity contribution in [2.75, 3.05) is 18.5 Å². The predicted molar refractivity (Wildman–Crippen MR) is 127 cm³/mol. The Morgan fingerprint density at radius 2 is 1.62 bits per heavy atom. The van der Waals surface area contributed by atoms with E-state index in [0.717, 1.165) is 22.5 Å². The molecule has 2 aromatic carbocycles. The normalized spacial score (nSPS) is 10.5. The highest BCUT2D eigenvalue weighted by atomic mass is 32.1. The third kappa shape index (κ3) is 5.42. The average Bonchev–Trinajstić information content (AvgIpc) is 3.10. The van der Waals surface area contributed by atoms with Crippen LogP contribution in [0.5, 0.6) is 0 Å². The predicted octanol–water partition coefficient (Wildman–Crippen LogP) is 4.77. The number of ether oxygens (including phenoxy) is 1. The molecule has 0 aliphatic rings. The molecule has 2 amide bonds. The summed E-state index contributed by atoms with van der Waals surface area (Å²) in [5.74, 6) is -1.19. The second-order valence-electron chi connectivity index (χ2n) is 7.24. The molecule has 0 unspecified atom stereocenters. The van der Waals surface area contributed by atoms with Crippen LogP contribution in [0.3, 0.4) is 0 Å². The van der Waals surface area contributed by atoms with Gasteiger partial charge in [0.25, 0.3) is 11.8 Å². The van der Waals surface area contributed by atoms with Gasteiger partial charge in [0.1, 0.15) is 5.00 Å². The molecular weight excluding hydrogens is 424 g/mol. The van der Waals surface area contributed by atoms with Crippen molar-refractivity contribution >= 4 is 34.1 Å². The van der Waals surface area contributed by atoms with Crippen LogP contribution in [0.2, 0.25) is 0 Å². The summed E-state index contributed by atoms with van der Waals surface area (Å²) < 4.78 is 5.18. The zero-order chi connectivity index (χ0) is 23.1. The largest absolute Gasteiger partial charge is 0.462 e. The van der Waals surface area contributed by atoms with Crippen LogP contribution in [-0.2, 0) is 11.2 Å². The number of amides is 2. The van der Waals surface area contributed by atoms with Gasteiger partial charge in [-0.2, -0.15) is 0 Å². The minimum Gasteiger partial charge on any atom is -0.462 e. The second kappa shape index (κ2) is 10.7. The number of esters is 1. The number of hydrogen-bond donors (Lipinski definition) is 2. The number of thiophene rings is 1. The molecule has 0 fully saturated rings. The lowest BCUT2D eigenvalue weighted by Gasteiger charge is -2.08. The van der Waals surface area contributed by atoms with E-state index < -0.39 is 5.97 Å². The van der Waals surface area contributed by atoms with E-state index in [4.69, 9.17) is 4.74 Å². The van der Waals surface area contributed by atoms with Crippen LogP contribution in [0.1, 0.15) is 54.0 Å². The van der Waals surface area contributed by atoms with Crippen molar-refractivity contribution in [1.29, 1.82) is 0 Å². The van der Waals surface area contributed by atoms with E-state index >= 15 is 0 Å². The number of rotatable bonds is 8. The molecule has 3 aromatic rings. The summed E-state index contributed by atoms with van der Waals surface area (Å²) in [5, 5.41) is 6.01. The van der Waals surface area contributed by atoms with Gasteiger partial charge in [-0.1, -0.05) is 48.5 Å². The number of nitrogens with one attached hydrogen (secondary N) is 2. The van der Waals surface area contributed by atoms with E-state index in [1.165, 1.54) is 0 Å². The Morgan fingerprint density at radius 3 is 2.31 bits per heavy atom. The maximum Gasteiger partial charge on any atom is 0.341 e. The van der Waals surface area contributed by atoms with E-state index in [0.29, 0.717) is 34.0 Å². The first-order chi connectivity index (χ1) is 15.4. The monoisotopic (exact) mass is 450 g/mol. The summed E-state index contributed by atoms with van der Waals surface area (Å²) in [6.45, 7) is 5.89. The fourth-order valence-electron chi connectivity index (χ4n) is 3.31. The van der Waals surface area contributed by atoms with E-state index in [1.807, 2.05) is 49.4 Å². The fraction of sp³-hybridized carbons (Fsp3) is 0.240. The van der Waals surface area contributed by atoms with Gasteiger partial charge in [-0.3, -0.25) is 9.59 Å². The van der Waals surface area contributed by atoms with E-state index in [9.17, 15) is 14.4 Å². The Balaban J connectivity index is 1.82. The molecular formula is C25H26N2O4S. The standard InChI is InChI=1S/C25H26N2O4S/c1-4-31-25(30)20-17(3)21(23(29)26-15-14-18-11-6-5-7-12-18)32-24(20)27-22(28)19-13-9-8-10-16(19)2/h5-13H,4,14-15H2,1-3H3,(H,26,29)(H,27,28). The molecule has 0 spiro atoms. The van der Waals surface area contributed by atoms with Gasteiger partial charge in [0.2, 0.25) is 0 Å². The van der Waals surface area contributed by atoms with Crippen molar-refractivity contribution in [3.8, 4) is 0 Å². The Labute approximate surface area is 191 Å². The van der Waals surface area contributed by atoms with E-state index in [1.54, 1.807) is 26.0 Å². The maximum atomic E-state index is 12.8. The zero-order valence-corrected chi connectivity index (χ0v) is 19.2. The minimum absolute atomic E-state index is 0.192. The third-order valence-corrected chi connectivity index (χ3v) is 6.20. The smallest absolute Gasteiger partial charge is 0.341 e. The van der Waals surface area contributed by atoms with Gasteiger partial charge >= 0.3 is 5.97 Å². The lowest BCUT2D eigenvalue weighted by Crippen LogP contribution is -2.25. The van der Waals surface area contributed by atoms with Crippen molar-refractivity contribution in [2.45, 2.75) is 27.2 Å². The van der Waals surface area contributed by atoms with Gasteiger partial charge in [0.15, 0.2) is 0 Å². The highest BCUT2D eigenvalue weighted by Gasteiger charge is 2.27. The zero-order valence-electron chi connectivity index (χ0n) is 18.4. The number of carbonyl (C=O) groups excluding carboxylic acids is 3. The molecule has 0 saturated carbocycles. The third-order valence-electron chi connectivity index (χ3n) is 4.99. The van der Waals surface area contributed by atoms with Crippen LogP contribution in [0.4, 0.5) is 5.00 Å². The molecule has 166 valence electrons. The topological polar surface area (TPSA) is 84.5 Å². The highest BCUT2D eigenvalue weighted by molar-refractivity contribution is 7.18. The first-order valence-electron chi connectivity index (χ1n) is 10.4. The second-order valence-corrected chi connectivity index (χ2v) is 8.26. The number of aryl methyl sites for hydroxylation is 1. The maximum absolute atomic E-state index is 12.8. The van der Waals surface area contributed by atoms with Crippen LogP contribution in [0.25, 0.3) is 0 Å². The van der Waals surface area contributed by atoms with Crippen LogP contribution in [0.15, 0.2) is 54.6 Å². The van der Waals surface area contributed by atoms with Gasteiger partial charge in [-0.15, -0.1) is 11.3 Å². The summed E-state index contributed by atoms with van der Waals surface area (Å²) in [5.41, 5.74) is 3.14. The highest BCUT2D eigenvalue weighted by Crippen LogP contribution is 2.34. The molecule has 7 heteroatoms. The van der Waals surface area contributed by atoms with Gasteiger partial charge in [0, 0.05) is 12.1 Å². The van der Waals surface area contributed by atoms with E-state index in [-0.39, 0.29) is 24.0 Å². The van der Waals surface area contributed by atoms with Crippen molar-refractivity contribution in [1.82, 2.24) is 5.32 Å². The molecule has 2 N–H and O–H groups in total. The lowest BCUT2D eigenvalue weighted by molar-refractivity contribution is 0.0527. The van der Waals surface area contributed by atoms with Crippen molar-refractivity contribution < 1.29 is 19.1 Å². The molecule has 0 bridgehead atoms. The summed E-state index contributed by atoms with van der Waals surface area (Å²) in [7, 11) is 0. The number of carbonyl (C=O) groups is 3. The molecule has 3 rings (SSSR count). The number of hydrogen-bond acceptors (Lipinski definition) is 5. The number of benzene rings is 2. The van der Waals surface area contributed by atoms with Crippen LogP contribution in [-0.4, -0.2) is 30.9 Å². The Kier molecular flexibility index (Phi) is 7.78. The van der Waals surface area contributed by atoms with E-state index in [2.05, 4.69) is 10.6 Å². The van der Waals surface area contributed by atoms with Crippen molar-refractivity contribution in [2.24, 2.45) is 0 Å². The first-order valence-corrected chi connectivity index (χ1v) is 11.2. The van der Waals surface area contributed by atoms with Gasteiger partial charge in [-0.05, 0) is 49.9 Å². The van der Waals surface area contributed by atoms with Gasteiger partial charge in [0.05, 0.1) is 17.0 Å². The fourth-order valence-corrected chi connectivity index (χ4v) is 4.42. The van der Waals surface area contributed by atoms with Gasteiger partial charge in [-0.25, -0.2) is 4.79 Å².